The Labute approximate surface area is 208 Å². The summed E-state index contributed by atoms with van der Waals surface area (Å²) in [7, 11) is -3.05. The van der Waals surface area contributed by atoms with Crippen molar-refractivity contribution in [3.05, 3.63) is 95.3 Å². The van der Waals surface area contributed by atoms with Crippen molar-refractivity contribution in [3.8, 4) is 0 Å². The quantitative estimate of drug-likeness (QED) is 0.357. The van der Waals surface area contributed by atoms with Crippen LogP contribution in [-0.2, 0) is 30.9 Å². The molecule has 0 spiro atoms. The van der Waals surface area contributed by atoms with E-state index in [4.69, 9.17) is 0 Å². The number of carbonyl (C=O) groups is 3. The second kappa shape index (κ2) is 10.00. The number of sulfonamides is 1. The molecule has 3 aromatic rings. The van der Waals surface area contributed by atoms with Crippen molar-refractivity contribution in [2.24, 2.45) is 0 Å². The third kappa shape index (κ3) is 4.91. The van der Waals surface area contributed by atoms with E-state index in [1.54, 1.807) is 12.1 Å². The molecule has 0 N–H and O–H groups in total. The highest BCUT2D eigenvalue weighted by Gasteiger charge is 2.47. The summed E-state index contributed by atoms with van der Waals surface area (Å²) in [5, 5.41) is 0. The molecule has 1 fully saturated rings. The van der Waals surface area contributed by atoms with Crippen LogP contribution in [-0.4, -0.2) is 43.7 Å². The molecule has 1 atom stereocenters. The summed E-state index contributed by atoms with van der Waals surface area (Å²) < 4.78 is 46.4. The summed E-state index contributed by atoms with van der Waals surface area (Å²) >= 11 is 0. The minimum atomic E-state index is -4.29. The monoisotopic (exact) mass is 510 g/mol. The zero-order valence-electron chi connectivity index (χ0n) is 19.5. The average molecular weight is 511 g/mol. The summed E-state index contributed by atoms with van der Waals surface area (Å²) in [5.41, 5.74) is 2.03. The number of nitrogens with zero attached hydrogens (tertiary/aromatic N) is 2. The number of ether oxygens (including phenoxy) is 1. The maximum Gasteiger partial charge on any atom is 0.337 e. The summed E-state index contributed by atoms with van der Waals surface area (Å²) in [6.07, 6.45) is -0.371. The van der Waals surface area contributed by atoms with Crippen molar-refractivity contribution < 1.29 is 31.9 Å². The fraction of sp³-hybridized carbons (Fsp3) is 0.192. The van der Waals surface area contributed by atoms with Crippen LogP contribution in [0.4, 0.5) is 10.1 Å². The van der Waals surface area contributed by atoms with Gasteiger partial charge >= 0.3 is 5.97 Å². The molecule has 1 heterocycles. The number of rotatable bonds is 7. The van der Waals surface area contributed by atoms with E-state index in [1.165, 1.54) is 31.4 Å². The largest absolute Gasteiger partial charge is 0.465 e. The summed E-state index contributed by atoms with van der Waals surface area (Å²) in [6.45, 7) is 1.72. The number of anilines is 1. The van der Waals surface area contributed by atoms with Gasteiger partial charge in [-0.25, -0.2) is 22.5 Å². The molecule has 3 aromatic carbocycles. The second-order valence-corrected chi connectivity index (χ2v) is 10.2. The van der Waals surface area contributed by atoms with Crippen molar-refractivity contribution >= 4 is 33.5 Å². The van der Waals surface area contributed by atoms with Gasteiger partial charge in [-0.1, -0.05) is 29.8 Å². The Kier molecular flexibility index (Phi) is 7.00. The molecule has 0 aromatic heterocycles. The first-order valence-electron chi connectivity index (χ1n) is 11.0. The van der Waals surface area contributed by atoms with Gasteiger partial charge in [-0.05, 0) is 61.0 Å². The maximum absolute atomic E-state index is 13.6. The van der Waals surface area contributed by atoms with E-state index < -0.39 is 39.7 Å². The predicted molar refractivity (Wildman–Crippen MR) is 129 cm³/mol. The second-order valence-electron chi connectivity index (χ2n) is 8.32. The lowest BCUT2D eigenvalue weighted by atomic mass is 10.1. The molecular formula is C26H23FN2O6S. The smallest absolute Gasteiger partial charge is 0.337 e. The van der Waals surface area contributed by atoms with Gasteiger partial charge in [-0.15, -0.1) is 0 Å². The number of hydrogen-bond acceptors (Lipinski definition) is 6. The van der Waals surface area contributed by atoms with Gasteiger partial charge in [-0.2, -0.15) is 4.31 Å². The third-order valence-corrected chi connectivity index (χ3v) is 7.77. The van der Waals surface area contributed by atoms with Gasteiger partial charge in [0.1, 0.15) is 11.9 Å². The topological polar surface area (TPSA) is 101 Å². The van der Waals surface area contributed by atoms with Crippen molar-refractivity contribution in [1.29, 1.82) is 0 Å². The molecular weight excluding hydrogens is 487 g/mol. The molecule has 2 amide bonds. The van der Waals surface area contributed by atoms with Crippen LogP contribution in [0.5, 0.6) is 0 Å². The van der Waals surface area contributed by atoms with Crippen LogP contribution in [0.1, 0.15) is 27.9 Å². The molecule has 186 valence electrons. The fourth-order valence-electron chi connectivity index (χ4n) is 3.95. The minimum Gasteiger partial charge on any atom is -0.465 e. The zero-order chi connectivity index (χ0) is 26.0. The van der Waals surface area contributed by atoms with Crippen LogP contribution in [0.3, 0.4) is 0 Å². The van der Waals surface area contributed by atoms with E-state index in [-0.39, 0.29) is 29.1 Å². The first-order valence-corrected chi connectivity index (χ1v) is 12.4. The Bertz CT molecular complexity index is 1400. The Hall–Kier alpha value is -3.89. The van der Waals surface area contributed by atoms with Gasteiger partial charge in [0.05, 0.1) is 29.7 Å². The summed E-state index contributed by atoms with van der Waals surface area (Å²) in [4.78, 5) is 38.8. The van der Waals surface area contributed by atoms with Crippen LogP contribution in [0.2, 0.25) is 0 Å². The molecule has 36 heavy (non-hydrogen) atoms. The molecule has 1 aliphatic rings. The standard InChI is InChI=1S/C26H23FN2O6S/c1-17-3-5-18(6-4-17)16-28(36(33,34)22-13-9-20(27)10-14-22)23-15-24(30)29(25(23)31)21-11-7-19(8-12-21)26(32)35-2/h3-14,23H,15-16H2,1-2H3. The highest BCUT2D eigenvalue weighted by Crippen LogP contribution is 2.31. The van der Waals surface area contributed by atoms with Crippen LogP contribution in [0, 0.1) is 12.7 Å². The molecule has 1 saturated heterocycles. The first-order chi connectivity index (χ1) is 17.1. The number of halogens is 1. The van der Waals surface area contributed by atoms with Gasteiger partial charge in [0.25, 0.3) is 5.91 Å². The van der Waals surface area contributed by atoms with Crippen molar-refractivity contribution in [1.82, 2.24) is 4.31 Å². The van der Waals surface area contributed by atoms with Crippen LogP contribution in [0.15, 0.2) is 77.7 Å². The van der Waals surface area contributed by atoms with Crippen molar-refractivity contribution in [3.63, 3.8) is 0 Å². The maximum atomic E-state index is 13.6. The average Bonchev–Trinajstić information content (AvgIpc) is 3.16. The minimum absolute atomic E-state index is 0.168. The highest BCUT2D eigenvalue weighted by molar-refractivity contribution is 7.89. The molecule has 0 bridgehead atoms. The van der Waals surface area contributed by atoms with E-state index in [9.17, 15) is 27.2 Å². The molecule has 0 saturated carbocycles. The van der Waals surface area contributed by atoms with Crippen molar-refractivity contribution in [2.45, 2.75) is 30.8 Å². The highest BCUT2D eigenvalue weighted by atomic mass is 32.2. The predicted octanol–water partition coefficient (Wildman–Crippen LogP) is 3.44. The number of esters is 1. The lowest BCUT2D eigenvalue weighted by Gasteiger charge is -2.27. The Morgan fingerprint density at radius 1 is 1.00 bits per heavy atom. The lowest BCUT2D eigenvalue weighted by molar-refractivity contribution is -0.122. The van der Waals surface area contributed by atoms with Gasteiger partial charge in [-0.3, -0.25) is 9.59 Å². The summed E-state index contributed by atoms with van der Waals surface area (Å²) in [6, 6.07) is 15.8. The zero-order valence-corrected chi connectivity index (χ0v) is 20.4. The Morgan fingerprint density at radius 3 is 2.19 bits per heavy atom. The molecule has 8 nitrogen and oxygen atoms in total. The van der Waals surface area contributed by atoms with Gasteiger partial charge in [0.2, 0.25) is 15.9 Å². The summed E-state index contributed by atoms with van der Waals surface area (Å²) in [5.74, 6) is -2.48. The van der Waals surface area contributed by atoms with E-state index in [2.05, 4.69) is 4.74 Å². The number of carbonyl (C=O) groups excluding carboxylic acids is 3. The molecule has 0 aliphatic carbocycles. The van der Waals surface area contributed by atoms with E-state index >= 15 is 0 Å². The van der Waals surface area contributed by atoms with E-state index in [0.717, 1.165) is 39.0 Å². The van der Waals surface area contributed by atoms with E-state index in [0.29, 0.717) is 5.56 Å². The Balaban J connectivity index is 1.71. The van der Waals surface area contributed by atoms with Crippen molar-refractivity contribution in [2.75, 3.05) is 12.0 Å². The normalized spacial score (nSPS) is 16.0. The lowest BCUT2D eigenvalue weighted by Crippen LogP contribution is -2.45. The molecule has 0 radical (unpaired) electrons. The molecule has 4 rings (SSSR count). The van der Waals surface area contributed by atoms with Gasteiger partial charge in [0, 0.05) is 6.54 Å². The first kappa shape index (κ1) is 25.2. The molecule has 1 unspecified atom stereocenters. The molecule has 1 aliphatic heterocycles. The van der Waals surface area contributed by atoms with Crippen LogP contribution >= 0.6 is 0 Å². The van der Waals surface area contributed by atoms with Crippen LogP contribution in [0.25, 0.3) is 0 Å². The van der Waals surface area contributed by atoms with Gasteiger partial charge in [0.15, 0.2) is 0 Å². The fourth-order valence-corrected chi connectivity index (χ4v) is 5.52. The Morgan fingerprint density at radius 2 is 1.61 bits per heavy atom. The third-order valence-electron chi connectivity index (χ3n) is 5.90. The van der Waals surface area contributed by atoms with Crippen LogP contribution < -0.4 is 4.90 Å². The number of benzene rings is 3. The molecule has 10 heteroatoms. The number of hydrogen-bond donors (Lipinski definition) is 0. The van der Waals surface area contributed by atoms with E-state index in [1.807, 2.05) is 19.1 Å². The number of imide groups is 1. The number of amides is 2. The SMILES string of the molecule is COC(=O)c1ccc(N2C(=O)CC(N(Cc3ccc(C)cc3)S(=O)(=O)c3ccc(F)cc3)C2=O)cc1. The number of methoxy groups -OCH3 is 1. The van der Waals surface area contributed by atoms with Gasteiger partial charge < -0.3 is 4.74 Å². The number of aryl methyl sites for hydroxylation is 1.